The van der Waals surface area contributed by atoms with Gasteiger partial charge in [-0.1, -0.05) is 35.9 Å². The van der Waals surface area contributed by atoms with Gasteiger partial charge in [0.2, 0.25) is 11.8 Å². The minimum atomic E-state index is -4.58. The predicted octanol–water partition coefficient (Wildman–Crippen LogP) is 4.35. The van der Waals surface area contributed by atoms with Crippen molar-refractivity contribution in [3.05, 3.63) is 59.1 Å². The maximum Gasteiger partial charge on any atom is 0.418 e. The first-order chi connectivity index (χ1) is 12.3. The van der Waals surface area contributed by atoms with E-state index in [1.54, 1.807) is 24.3 Å². The Bertz CT molecular complexity index is 854. The van der Waals surface area contributed by atoms with E-state index >= 15 is 0 Å². The van der Waals surface area contributed by atoms with Gasteiger partial charge in [0, 0.05) is 13.0 Å². The second-order valence-electron chi connectivity index (χ2n) is 5.89. The summed E-state index contributed by atoms with van der Waals surface area (Å²) in [5.41, 5.74) is -0.778. The molecular weight excluding hydrogens is 369 g/mol. The molecule has 0 saturated carbocycles. The number of hydrogen-bond donors (Lipinski definition) is 1. The predicted molar refractivity (Wildman–Crippen MR) is 92.0 cm³/mol. The van der Waals surface area contributed by atoms with Gasteiger partial charge in [0.25, 0.3) is 0 Å². The molecule has 0 bridgehead atoms. The molecule has 0 aliphatic carbocycles. The number of benzene rings is 2. The van der Waals surface area contributed by atoms with Crippen molar-refractivity contribution in [1.29, 1.82) is 0 Å². The average molecular weight is 383 g/mol. The molecule has 8 heteroatoms. The van der Waals surface area contributed by atoms with E-state index in [4.69, 9.17) is 11.6 Å². The number of rotatable bonds is 3. The van der Waals surface area contributed by atoms with E-state index < -0.39 is 23.6 Å². The Balaban J connectivity index is 1.77. The van der Waals surface area contributed by atoms with E-state index in [0.717, 1.165) is 6.07 Å². The first-order valence-corrected chi connectivity index (χ1v) is 8.17. The van der Waals surface area contributed by atoms with Crippen LogP contribution in [0.15, 0.2) is 48.5 Å². The van der Waals surface area contributed by atoms with Crippen molar-refractivity contribution in [2.75, 3.05) is 16.8 Å². The van der Waals surface area contributed by atoms with Crippen LogP contribution < -0.4 is 10.2 Å². The van der Waals surface area contributed by atoms with Gasteiger partial charge in [-0.3, -0.25) is 9.59 Å². The van der Waals surface area contributed by atoms with Gasteiger partial charge < -0.3 is 10.2 Å². The Labute approximate surface area is 152 Å². The fourth-order valence-corrected chi connectivity index (χ4v) is 3.10. The van der Waals surface area contributed by atoms with E-state index in [0.29, 0.717) is 10.7 Å². The lowest BCUT2D eigenvalue weighted by Gasteiger charge is -2.18. The van der Waals surface area contributed by atoms with Gasteiger partial charge in [0.15, 0.2) is 0 Å². The third kappa shape index (κ3) is 3.67. The molecule has 1 heterocycles. The molecule has 4 nitrogen and oxygen atoms in total. The van der Waals surface area contributed by atoms with Crippen LogP contribution in [-0.4, -0.2) is 18.4 Å². The van der Waals surface area contributed by atoms with Crippen LogP contribution in [0.1, 0.15) is 12.0 Å². The molecule has 1 N–H and O–H groups in total. The number of carbonyl (C=O) groups excluding carboxylic acids is 2. The SMILES string of the molecule is O=C(Nc1ccccc1C(F)(F)F)C1CC(=O)N(c2ccccc2Cl)C1. The molecule has 1 unspecified atom stereocenters. The summed E-state index contributed by atoms with van der Waals surface area (Å²) in [5.74, 6) is -1.70. The van der Waals surface area contributed by atoms with Crippen molar-refractivity contribution >= 4 is 34.8 Å². The highest BCUT2D eigenvalue weighted by Crippen LogP contribution is 2.35. The van der Waals surface area contributed by atoms with Gasteiger partial charge in [-0.2, -0.15) is 13.2 Å². The molecule has 0 radical (unpaired) electrons. The highest BCUT2D eigenvalue weighted by Gasteiger charge is 2.38. The molecule has 136 valence electrons. The standard InChI is InChI=1S/C18H14ClF3N2O2/c19-13-6-2-4-8-15(13)24-10-11(9-16(24)25)17(26)23-14-7-3-1-5-12(14)18(20,21)22/h1-8,11H,9-10H2,(H,23,26). The third-order valence-corrected chi connectivity index (χ3v) is 4.45. The Hall–Kier alpha value is -2.54. The molecular formula is C18H14ClF3N2O2. The number of halogens is 4. The average Bonchev–Trinajstić information content (AvgIpc) is 2.97. The zero-order valence-corrected chi connectivity index (χ0v) is 14.1. The van der Waals surface area contributed by atoms with Crippen molar-refractivity contribution in [2.24, 2.45) is 5.92 Å². The second kappa shape index (κ2) is 6.99. The zero-order valence-electron chi connectivity index (χ0n) is 13.4. The number of amides is 2. The van der Waals surface area contributed by atoms with E-state index in [9.17, 15) is 22.8 Å². The van der Waals surface area contributed by atoms with Crippen LogP contribution >= 0.6 is 11.6 Å². The van der Waals surface area contributed by atoms with Gasteiger partial charge in [0.05, 0.1) is 27.9 Å². The van der Waals surface area contributed by atoms with Gasteiger partial charge in [-0.05, 0) is 24.3 Å². The summed E-state index contributed by atoms with van der Waals surface area (Å²) in [7, 11) is 0. The van der Waals surface area contributed by atoms with Crippen molar-refractivity contribution < 1.29 is 22.8 Å². The lowest BCUT2D eigenvalue weighted by Crippen LogP contribution is -2.28. The highest BCUT2D eigenvalue weighted by atomic mass is 35.5. The number of nitrogens with zero attached hydrogens (tertiary/aromatic N) is 1. The molecule has 2 aromatic carbocycles. The summed E-state index contributed by atoms with van der Waals surface area (Å²) in [6.45, 7) is 0.0581. The van der Waals surface area contributed by atoms with Crippen LogP contribution in [0.4, 0.5) is 24.5 Å². The Kier molecular flexibility index (Phi) is 4.91. The lowest BCUT2D eigenvalue weighted by atomic mass is 10.1. The van der Waals surface area contributed by atoms with Crippen molar-refractivity contribution in [3.8, 4) is 0 Å². The highest BCUT2D eigenvalue weighted by molar-refractivity contribution is 6.33. The van der Waals surface area contributed by atoms with E-state index in [1.807, 2.05) is 0 Å². The van der Waals surface area contributed by atoms with Gasteiger partial charge >= 0.3 is 6.18 Å². The largest absolute Gasteiger partial charge is 0.418 e. The summed E-state index contributed by atoms with van der Waals surface area (Å²) in [6.07, 6.45) is -4.68. The molecule has 0 aromatic heterocycles. The summed E-state index contributed by atoms with van der Waals surface area (Å²) < 4.78 is 39.1. The lowest BCUT2D eigenvalue weighted by molar-refractivity contribution is -0.137. The second-order valence-corrected chi connectivity index (χ2v) is 6.30. The van der Waals surface area contributed by atoms with Gasteiger partial charge in [-0.15, -0.1) is 0 Å². The van der Waals surface area contributed by atoms with Crippen LogP contribution in [0.25, 0.3) is 0 Å². The molecule has 1 saturated heterocycles. The summed E-state index contributed by atoms with van der Waals surface area (Å²) in [6, 6.07) is 11.4. The van der Waals surface area contributed by atoms with Gasteiger partial charge in [-0.25, -0.2) is 0 Å². The Morgan fingerprint density at radius 2 is 1.77 bits per heavy atom. The quantitative estimate of drug-likeness (QED) is 0.858. The van der Waals surface area contributed by atoms with Crippen LogP contribution in [-0.2, 0) is 15.8 Å². The number of alkyl halides is 3. The number of anilines is 2. The Morgan fingerprint density at radius 3 is 2.46 bits per heavy atom. The summed E-state index contributed by atoms with van der Waals surface area (Å²) in [4.78, 5) is 26.0. The maximum absolute atomic E-state index is 13.0. The molecule has 1 aliphatic rings. The third-order valence-electron chi connectivity index (χ3n) is 4.13. The normalized spacial score (nSPS) is 17.5. The fraction of sp³-hybridized carbons (Fsp3) is 0.222. The van der Waals surface area contributed by atoms with Crippen molar-refractivity contribution in [1.82, 2.24) is 0 Å². The van der Waals surface area contributed by atoms with Crippen LogP contribution in [0, 0.1) is 5.92 Å². The van der Waals surface area contributed by atoms with Crippen LogP contribution in [0.5, 0.6) is 0 Å². The first kappa shape index (κ1) is 18.3. The molecule has 26 heavy (non-hydrogen) atoms. The minimum Gasteiger partial charge on any atom is -0.325 e. The van der Waals surface area contributed by atoms with Crippen LogP contribution in [0.2, 0.25) is 5.02 Å². The summed E-state index contributed by atoms with van der Waals surface area (Å²) >= 11 is 6.08. The van der Waals surface area contributed by atoms with Gasteiger partial charge in [0.1, 0.15) is 0 Å². The first-order valence-electron chi connectivity index (χ1n) is 7.79. The van der Waals surface area contributed by atoms with E-state index in [2.05, 4.69) is 5.32 Å². The number of nitrogens with one attached hydrogen (secondary N) is 1. The van der Waals surface area contributed by atoms with Crippen molar-refractivity contribution in [3.63, 3.8) is 0 Å². The maximum atomic E-state index is 13.0. The minimum absolute atomic E-state index is 0.0581. The monoisotopic (exact) mass is 382 g/mol. The zero-order chi connectivity index (χ0) is 18.9. The van der Waals surface area contributed by atoms with Crippen molar-refractivity contribution in [2.45, 2.75) is 12.6 Å². The fourth-order valence-electron chi connectivity index (χ4n) is 2.86. The van der Waals surface area contributed by atoms with Crippen LogP contribution in [0.3, 0.4) is 0 Å². The topological polar surface area (TPSA) is 49.4 Å². The molecule has 1 fully saturated rings. The number of para-hydroxylation sites is 2. The van der Waals surface area contributed by atoms with E-state index in [-0.39, 0.29) is 24.6 Å². The molecule has 0 spiro atoms. The Morgan fingerprint density at radius 1 is 1.12 bits per heavy atom. The molecule has 2 amide bonds. The molecule has 1 aliphatic heterocycles. The molecule has 3 rings (SSSR count). The summed E-state index contributed by atoms with van der Waals surface area (Å²) in [5, 5.41) is 2.66. The smallest absolute Gasteiger partial charge is 0.325 e. The number of hydrogen-bond acceptors (Lipinski definition) is 2. The number of carbonyl (C=O) groups is 2. The van der Waals surface area contributed by atoms with E-state index in [1.165, 1.54) is 23.1 Å². The molecule has 2 aromatic rings. The molecule has 1 atom stereocenters.